The SMILES string of the molecule is C=CCn1c(SCC(=O)N(CC)c2ccccc2)nnc1C(C)Oc1ccccc1Cl. The largest absolute Gasteiger partial charge is 0.481 e. The number of hydrogen-bond donors (Lipinski definition) is 0. The van der Waals surface area contributed by atoms with Gasteiger partial charge in [0.2, 0.25) is 5.91 Å². The van der Waals surface area contributed by atoms with Crippen molar-refractivity contribution in [2.24, 2.45) is 0 Å². The molecule has 8 heteroatoms. The van der Waals surface area contributed by atoms with Crippen LogP contribution in [0.25, 0.3) is 0 Å². The van der Waals surface area contributed by atoms with Gasteiger partial charge in [-0.3, -0.25) is 9.36 Å². The number of carbonyl (C=O) groups excluding carboxylic acids is 1. The van der Waals surface area contributed by atoms with E-state index >= 15 is 0 Å². The molecule has 1 heterocycles. The lowest BCUT2D eigenvalue weighted by Crippen LogP contribution is -2.32. The summed E-state index contributed by atoms with van der Waals surface area (Å²) < 4.78 is 7.90. The Labute approximate surface area is 191 Å². The highest BCUT2D eigenvalue weighted by Gasteiger charge is 2.21. The standard InChI is InChI=1S/C23H25ClN4O2S/c1-4-15-28-22(17(3)30-20-14-10-9-13-19(20)24)25-26-23(28)31-16-21(29)27(5-2)18-11-7-6-8-12-18/h4,6-14,17H,1,5,15-16H2,2-3H3. The Bertz CT molecular complexity index is 1030. The quantitative estimate of drug-likeness (QED) is 0.302. The average molecular weight is 457 g/mol. The van der Waals surface area contributed by atoms with Gasteiger partial charge in [0.25, 0.3) is 0 Å². The number of para-hydroxylation sites is 2. The fourth-order valence-corrected chi connectivity index (χ4v) is 4.12. The molecular formula is C23H25ClN4O2S. The van der Waals surface area contributed by atoms with Crippen LogP contribution in [0.5, 0.6) is 5.75 Å². The molecule has 3 rings (SSSR count). The van der Waals surface area contributed by atoms with E-state index in [2.05, 4.69) is 16.8 Å². The molecule has 0 aliphatic rings. The molecule has 1 atom stereocenters. The number of carbonyl (C=O) groups is 1. The summed E-state index contributed by atoms with van der Waals surface area (Å²) in [5.74, 6) is 1.48. The summed E-state index contributed by atoms with van der Waals surface area (Å²) >= 11 is 7.56. The third-order valence-corrected chi connectivity index (χ3v) is 5.83. The van der Waals surface area contributed by atoms with Crippen molar-refractivity contribution in [2.75, 3.05) is 17.2 Å². The highest BCUT2D eigenvalue weighted by atomic mass is 35.5. The lowest BCUT2D eigenvalue weighted by molar-refractivity contribution is -0.116. The normalized spacial score (nSPS) is 11.7. The molecular weight excluding hydrogens is 432 g/mol. The van der Waals surface area contributed by atoms with Crippen LogP contribution < -0.4 is 9.64 Å². The van der Waals surface area contributed by atoms with Gasteiger partial charge in [-0.2, -0.15) is 0 Å². The lowest BCUT2D eigenvalue weighted by atomic mass is 10.3. The molecule has 162 valence electrons. The molecule has 0 bridgehead atoms. The van der Waals surface area contributed by atoms with Crippen molar-refractivity contribution in [2.45, 2.75) is 31.7 Å². The first kappa shape index (κ1) is 22.9. The van der Waals surface area contributed by atoms with Crippen LogP contribution in [-0.2, 0) is 11.3 Å². The van der Waals surface area contributed by atoms with Crippen LogP contribution in [0.1, 0.15) is 25.8 Å². The maximum Gasteiger partial charge on any atom is 0.237 e. The van der Waals surface area contributed by atoms with Crippen molar-refractivity contribution >= 4 is 35.0 Å². The van der Waals surface area contributed by atoms with Crippen molar-refractivity contribution < 1.29 is 9.53 Å². The highest BCUT2D eigenvalue weighted by Crippen LogP contribution is 2.29. The van der Waals surface area contributed by atoms with E-state index in [0.717, 1.165) is 5.69 Å². The zero-order valence-electron chi connectivity index (χ0n) is 17.6. The maximum atomic E-state index is 12.8. The van der Waals surface area contributed by atoms with Crippen molar-refractivity contribution in [3.8, 4) is 5.75 Å². The Morgan fingerprint density at radius 3 is 2.61 bits per heavy atom. The number of nitrogens with zero attached hydrogens (tertiary/aromatic N) is 4. The number of amides is 1. The first-order valence-electron chi connectivity index (χ1n) is 9.98. The summed E-state index contributed by atoms with van der Waals surface area (Å²) in [6, 6.07) is 16.9. The van der Waals surface area contributed by atoms with Crippen LogP contribution in [0.15, 0.2) is 72.4 Å². The summed E-state index contributed by atoms with van der Waals surface area (Å²) in [4.78, 5) is 14.6. The Hall–Kier alpha value is -2.77. The van der Waals surface area contributed by atoms with Crippen LogP contribution in [0.3, 0.4) is 0 Å². The van der Waals surface area contributed by atoms with Crippen LogP contribution in [0.4, 0.5) is 5.69 Å². The second kappa shape index (κ2) is 11.0. The number of ether oxygens (including phenoxy) is 1. The zero-order valence-corrected chi connectivity index (χ0v) is 19.1. The molecule has 31 heavy (non-hydrogen) atoms. The van der Waals surface area contributed by atoms with Crippen LogP contribution in [-0.4, -0.2) is 33.0 Å². The summed E-state index contributed by atoms with van der Waals surface area (Å²) in [5, 5.41) is 9.78. The maximum absolute atomic E-state index is 12.8. The zero-order chi connectivity index (χ0) is 22.2. The number of halogens is 1. The van der Waals surface area contributed by atoms with E-state index in [1.165, 1.54) is 11.8 Å². The van der Waals surface area contributed by atoms with E-state index < -0.39 is 0 Å². The summed E-state index contributed by atoms with van der Waals surface area (Å²) in [6.45, 7) is 8.78. The number of rotatable bonds is 10. The number of anilines is 1. The minimum absolute atomic E-state index is 0.00812. The monoisotopic (exact) mass is 456 g/mol. The Balaban J connectivity index is 1.73. The van der Waals surface area contributed by atoms with E-state index in [9.17, 15) is 4.79 Å². The molecule has 0 aliphatic carbocycles. The van der Waals surface area contributed by atoms with Crippen LogP contribution in [0, 0.1) is 0 Å². The third kappa shape index (κ3) is 5.68. The predicted octanol–water partition coefficient (Wildman–Crippen LogP) is 5.40. The van der Waals surface area contributed by atoms with Crippen molar-refractivity contribution in [1.29, 1.82) is 0 Å². The fourth-order valence-electron chi connectivity index (χ4n) is 3.11. The van der Waals surface area contributed by atoms with E-state index in [-0.39, 0.29) is 17.8 Å². The molecule has 3 aromatic rings. The summed E-state index contributed by atoms with van der Waals surface area (Å²) in [5.41, 5.74) is 0.880. The molecule has 1 amide bonds. The minimum Gasteiger partial charge on any atom is -0.481 e. The topological polar surface area (TPSA) is 60.2 Å². The molecule has 0 saturated heterocycles. The van der Waals surface area contributed by atoms with E-state index in [1.807, 2.05) is 66.9 Å². The molecule has 0 fully saturated rings. The first-order chi connectivity index (χ1) is 15.0. The van der Waals surface area contributed by atoms with E-state index in [1.54, 1.807) is 17.0 Å². The molecule has 1 aromatic heterocycles. The second-order valence-corrected chi connectivity index (χ2v) is 8.04. The van der Waals surface area contributed by atoms with Crippen molar-refractivity contribution in [1.82, 2.24) is 14.8 Å². The van der Waals surface area contributed by atoms with E-state index in [0.29, 0.717) is 34.8 Å². The summed E-state index contributed by atoms with van der Waals surface area (Å²) in [7, 11) is 0. The van der Waals surface area contributed by atoms with Gasteiger partial charge in [-0.1, -0.05) is 59.8 Å². The van der Waals surface area contributed by atoms with Gasteiger partial charge in [-0.05, 0) is 38.1 Å². The molecule has 1 unspecified atom stereocenters. The highest BCUT2D eigenvalue weighted by molar-refractivity contribution is 7.99. The van der Waals surface area contributed by atoms with Gasteiger partial charge < -0.3 is 9.64 Å². The molecule has 2 aromatic carbocycles. The average Bonchev–Trinajstić information content (AvgIpc) is 3.18. The molecule has 0 spiro atoms. The molecule has 0 radical (unpaired) electrons. The molecule has 6 nitrogen and oxygen atoms in total. The van der Waals surface area contributed by atoms with Crippen LogP contribution in [0.2, 0.25) is 5.02 Å². The first-order valence-corrected chi connectivity index (χ1v) is 11.3. The van der Waals surface area contributed by atoms with Gasteiger partial charge in [0.15, 0.2) is 17.1 Å². The third-order valence-electron chi connectivity index (χ3n) is 4.57. The van der Waals surface area contributed by atoms with Gasteiger partial charge in [0.05, 0.1) is 10.8 Å². The number of hydrogen-bond acceptors (Lipinski definition) is 5. The summed E-state index contributed by atoms with van der Waals surface area (Å²) in [6.07, 6.45) is 1.39. The second-order valence-electron chi connectivity index (χ2n) is 6.69. The lowest BCUT2D eigenvalue weighted by Gasteiger charge is -2.21. The predicted molar refractivity (Wildman–Crippen MR) is 126 cm³/mol. The number of benzene rings is 2. The molecule has 0 N–H and O–H groups in total. The Morgan fingerprint density at radius 1 is 1.23 bits per heavy atom. The number of aromatic nitrogens is 3. The van der Waals surface area contributed by atoms with Crippen LogP contribution >= 0.6 is 23.4 Å². The van der Waals surface area contributed by atoms with E-state index in [4.69, 9.17) is 16.3 Å². The van der Waals surface area contributed by atoms with Gasteiger partial charge in [0.1, 0.15) is 5.75 Å². The number of thioether (sulfide) groups is 1. The van der Waals surface area contributed by atoms with Crippen molar-refractivity contribution in [3.63, 3.8) is 0 Å². The molecule has 0 saturated carbocycles. The molecule has 0 aliphatic heterocycles. The Kier molecular flexibility index (Phi) is 8.14. The van der Waals surface area contributed by atoms with Gasteiger partial charge in [-0.25, -0.2) is 0 Å². The van der Waals surface area contributed by atoms with Gasteiger partial charge >= 0.3 is 0 Å². The minimum atomic E-state index is -0.381. The van der Waals surface area contributed by atoms with Gasteiger partial charge in [0, 0.05) is 18.8 Å². The van der Waals surface area contributed by atoms with Gasteiger partial charge in [-0.15, -0.1) is 16.8 Å². The fraction of sp³-hybridized carbons (Fsp3) is 0.261. The smallest absolute Gasteiger partial charge is 0.237 e. The number of allylic oxidation sites excluding steroid dienone is 1. The Morgan fingerprint density at radius 2 is 1.94 bits per heavy atom. The van der Waals surface area contributed by atoms with Crippen molar-refractivity contribution in [3.05, 3.63) is 78.1 Å².